The molecule has 0 aliphatic carbocycles. The van der Waals surface area contributed by atoms with Crippen LogP contribution in [0.5, 0.6) is 0 Å². The van der Waals surface area contributed by atoms with Gasteiger partial charge in [0.25, 0.3) is 11.8 Å². The number of nitrogens with one attached hydrogen (secondary N) is 6. The third-order valence-corrected chi connectivity index (χ3v) is 8.33. The van der Waals surface area contributed by atoms with Gasteiger partial charge in [-0.05, 0) is 97.9 Å². The molecule has 0 unspecified atom stereocenters. The number of aliphatic imine (C=N–C) groups is 1. The van der Waals surface area contributed by atoms with Crippen LogP contribution >= 0.6 is 35.4 Å². The standard InChI is InChI=1S/C19H15ClF3N5O.C15H10ClF3N2OS.C4H7N3/c1-10-6-17(28-27-10)25-19(24-9-12-2-4-13(21)8-14(12)20)26-18(29)11-3-5-15(22)16(23)7-11;16-11-6-10(17)3-1-9(11)7-20-15(23)21-14(22)8-2-4-12(18)13(19)5-8;1-3-2-4(5)7-6-3/h2-8H,9H2,1H3,(H3,24,25,26,27,28,29);1-6H,7H2,(H2,20,21,22,23);2H,1H3,(H3,5,6,7). The summed E-state index contributed by atoms with van der Waals surface area (Å²) in [7, 11) is 0. The molecule has 0 atom stereocenters. The van der Waals surface area contributed by atoms with Gasteiger partial charge >= 0.3 is 0 Å². The van der Waals surface area contributed by atoms with Crippen molar-refractivity contribution in [1.29, 1.82) is 0 Å². The number of H-pyrrole nitrogens is 2. The maximum absolute atomic E-state index is 13.4. The molecule has 0 fully saturated rings. The van der Waals surface area contributed by atoms with Gasteiger partial charge in [0.2, 0.25) is 5.96 Å². The van der Waals surface area contributed by atoms with Gasteiger partial charge in [-0.15, -0.1) is 0 Å². The van der Waals surface area contributed by atoms with Gasteiger partial charge in [0.1, 0.15) is 17.5 Å². The highest BCUT2D eigenvalue weighted by atomic mass is 35.5. The van der Waals surface area contributed by atoms with Crippen molar-refractivity contribution in [2.45, 2.75) is 26.9 Å². The molecule has 0 saturated carbocycles. The number of rotatable bonds is 7. The quantitative estimate of drug-likeness (QED) is 0.0365. The van der Waals surface area contributed by atoms with Crippen molar-refractivity contribution in [3.63, 3.8) is 0 Å². The minimum atomic E-state index is -1.15. The number of hydrogen-bond acceptors (Lipinski definition) is 7. The zero-order valence-corrected chi connectivity index (χ0v) is 33.0. The molecule has 0 aliphatic heterocycles. The fourth-order valence-corrected chi connectivity index (χ4v) is 5.11. The SMILES string of the molecule is Cc1cc(N)n[nH]1.Cc1cc(NC(=NCc2ccc(F)cc2Cl)NC(=O)c2ccc(F)c(F)c2)n[nH]1.O=C(NC(=S)NCc1ccc(F)cc1Cl)c1ccc(F)c(F)c1. The average Bonchev–Trinajstić information content (AvgIpc) is 3.78. The minimum Gasteiger partial charge on any atom is -0.382 e. The summed E-state index contributed by atoms with van der Waals surface area (Å²) in [6.07, 6.45) is 0. The number of nitrogens with two attached hydrogens (primary N) is 1. The van der Waals surface area contributed by atoms with Crippen molar-refractivity contribution >= 4 is 69.9 Å². The second-order valence-electron chi connectivity index (χ2n) is 12.0. The highest BCUT2D eigenvalue weighted by Crippen LogP contribution is 2.19. The van der Waals surface area contributed by atoms with E-state index in [1.165, 1.54) is 24.3 Å². The molecule has 4 aromatic carbocycles. The van der Waals surface area contributed by atoms with E-state index in [1.54, 1.807) is 19.1 Å². The summed E-state index contributed by atoms with van der Waals surface area (Å²) >= 11 is 16.8. The molecule has 12 nitrogen and oxygen atoms in total. The molecule has 2 aromatic heterocycles. The molecular weight excluding hydrogens is 845 g/mol. The van der Waals surface area contributed by atoms with E-state index in [9.17, 15) is 35.9 Å². The minimum absolute atomic E-state index is 0.00775. The van der Waals surface area contributed by atoms with Crippen molar-refractivity contribution < 1.29 is 35.9 Å². The Morgan fingerprint density at radius 3 is 1.68 bits per heavy atom. The molecule has 2 heterocycles. The van der Waals surface area contributed by atoms with Crippen molar-refractivity contribution in [2.24, 2.45) is 4.99 Å². The van der Waals surface area contributed by atoms with E-state index in [0.717, 1.165) is 59.9 Å². The van der Waals surface area contributed by atoms with Gasteiger partial charge in [-0.25, -0.2) is 31.3 Å². The van der Waals surface area contributed by atoms with E-state index in [4.69, 9.17) is 41.2 Å². The van der Waals surface area contributed by atoms with E-state index in [-0.39, 0.29) is 45.3 Å². The number of aryl methyl sites for hydroxylation is 2. The van der Waals surface area contributed by atoms with Gasteiger partial charge in [-0.3, -0.25) is 30.4 Å². The molecular formula is C38H32Cl2F6N10O2S. The number of benzene rings is 4. The lowest BCUT2D eigenvalue weighted by Gasteiger charge is -2.11. The summed E-state index contributed by atoms with van der Waals surface area (Å²) in [4.78, 5) is 28.5. The van der Waals surface area contributed by atoms with Gasteiger partial charge in [0.05, 0.1) is 6.54 Å². The molecule has 0 saturated heterocycles. The first kappa shape index (κ1) is 45.3. The first-order valence-electron chi connectivity index (χ1n) is 16.8. The fourth-order valence-electron chi connectivity index (χ4n) is 4.48. The number of aromatic nitrogens is 4. The number of nitrogens with zero attached hydrogens (tertiary/aromatic N) is 3. The number of carbonyl (C=O) groups excluding carboxylic acids is 2. The molecule has 2 amide bonds. The predicted octanol–water partition coefficient (Wildman–Crippen LogP) is 8.05. The molecule has 0 bridgehead atoms. The highest BCUT2D eigenvalue weighted by molar-refractivity contribution is 7.80. The lowest BCUT2D eigenvalue weighted by Crippen LogP contribution is -2.38. The Balaban J connectivity index is 0.000000227. The molecule has 0 spiro atoms. The third-order valence-electron chi connectivity index (χ3n) is 7.38. The fraction of sp³-hybridized carbons (Fsp3) is 0.105. The third kappa shape index (κ3) is 14.5. The summed E-state index contributed by atoms with van der Waals surface area (Å²) in [5, 5.41) is 23.8. The zero-order chi connectivity index (χ0) is 43.2. The molecule has 6 rings (SSSR count). The molecule has 308 valence electrons. The Bertz CT molecular complexity index is 2470. The number of halogens is 8. The van der Waals surface area contributed by atoms with Crippen LogP contribution in [-0.4, -0.2) is 43.3 Å². The molecule has 59 heavy (non-hydrogen) atoms. The van der Waals surface area contributed by atoms with Gasteiger partial charge in [0, 0.05) is 51.2 Å². The van der Waals surface area contributed by atoms with Gasteiger partial charge < -0.3 is 16.4 Å². The predicted molar refractivity (Wildman–Crippen MR) is 216 cm³/mol. The van der Waals surface area contributed by atoms with Crippen molar-refractivity contribution in [3.8, 4) is 0 Å². The Morgan fingerprint density at radius 2 is 1.22 bits per heavy atom. The highest BCUT2D eigenvalue weighted by Gasteiger charge is 2.15. The molecule has 8 N–H and O–H groups in total. The Morgan fingerprint density at radius 1 is 0.695 bits per heavy atom. The van der Waals surface area contributed by atoms with Crippen LogP contribution in [0.2, 0.25) is 10.0 Å². The van der Waals surface area contributed by atoms with E-state index >= 15 is 0 Å². The number of amides is 2. The largest absolute Gasteiger partial charge is 0.382 e. The maximum atomic E-state index is 13.4. The second-order valence-corrected chi connectivity index (χ2v) is 13.2. The van der Waals surface area contributed by atoms with Gasteiger partial charge in [-0.1, -0.05) is 35.3 Å². The molecule has 0 radical (unpaired) electrons. The van der Waals surface area contributed by atoms with Crippen molar-refractivity contribution in [1.82, 2.24) is 36.3 Å². The second kappa shape index (κ2) is 21.4. The molecule has 6 aromatic rings. The number of anilines is 2. The van der Waals surface area contributed by atoms with E-state index in [2.05, 4.69) is 46.7 Å². The maximum Gasteiger partial charge on any atom is 0.258 e. The van der Waals surface area contributed by atoms with Crippen LogP contribution in [0.15, 0.2) is 89.9 Å². The molecule has 21 heteroatoms. The first-order valence-corrected chi connectivity index (χ1v) is 17.9. The van der Waals surface area contributed by atoms with Crippen LogP contribution in [-0.2, 0) is 13.1 Å². The van der Waals surface area contributed by atoms with Crippen molar-refractivity contribution in [2.75, 3.05) is 11.1 Å². The van der Waals surface area contributed by atoms with Crippen LogP contribution in [0.1, 0.15) is 43.2 Å². The number of guanidine groups is 1. The van der Waals surface area contributed by atoms with Crippen molar-refractivity contribution in [3.05, 3.63) is 164 Å². The van der Waals surface area contributed by atoms with Gasteiger partial charge in [-0.2, -0.15) is 10.2 Å². The number of thiocarbonyl (C=S) groups is 1. The summed E-state index contributed by atoms with van der Waals surface area (Å²) < 4.78 is 78.5. The van der Waals surface area contributed by atoms with Crippen LogP contribution in [0, 0.1) is 48.8 Å². The lowest BCUT2D eigenvalue weighted by molar-refractivity contribution is 0.0968. The summed E-state index contributed by atoms with van der Waals surface area (Å²) in [5.74, 6) is -5.83. The van der Waals surface area contributed by atoms with Crippen LogP contribution in [0.4, 0.5) is 38.0 Å². The van der Waals surface area contributed by atoms with Gasteiger partial charge in [0.15, 0.2) is 34.2 Å². The Hall–Kier alpha value is -6.44. The smallest absolute Gasteiger partial charge is 0.258 e. The number of carbonyl (C=O) groups is 2. The summed E-state index contributed by atoms with van der Waals surface area (Å²) in [6.45, 7) is 3.87. The van der Waals surface area contributed by atoms with E-state index in [0.29, 0.717) is 22.8 Å². The topological polar surface area (TPSA) is 178 Å². The lowest BCUT2D eigenvalue weighted by atomic mass is 10.2. The van der Waals surface area contributed by atoms with Crippen LogP contribution in [0.25, 0.3) is 0 Å². The van der Waals surface area contributed by atoms with Crippen LogP contribution < -0.4 is 27.0 Å². The average molecular weight is 878 g/mol. The first-order chi connectivity index (χ1) is 28.0. The van der Waals surface area contributed by atoms with E-state index in [1.807, 2.05) is 6.92 Å². The number of aromatic amines is 2. The van der Waals surface area contributed by atoms with Crippen LogP contribution in [0.3, 0.4) is 0 Å². The number of hydrogen-bond donors (Lipinski definition) is 7. The molecule has 0 aliphatic rings. The number of nitrogen functional groups attached to an aromatic ring is 1. The Labute approximate surface area is 347 Å². The zero-order valence-electron chi connectivity index (χ0n) is 30.7. The normalized spacial score (nSPS) is 10.7. The summed E-state index contributed by atoms with van der Waals surface area (Å²) in [6, 6.07) is 16.7. The van der Waals surface area contributed by atoms with E-state index < -0.39 is 46.7 Å². The summed E-state index contributed by atoms with van der Waals surface area (Å²) in [5.41, 5.74) is 7.92. The monoisotopic (exact) mass is 876 g/mol. The Kier molecular flexibility index (Phi) is 16.4.